The second-order valence-corrected chi connectivity index (χ2v) is 7.11. The quantitative estimate of drug-likeness (QED) is 0.338. The van der Waals surface area contributed by atoms with Gasteiger partial charge in [0.15, 0.2) is 0 Å². The summed E-state index contributed by atoms with van der Waals surface area (Å²) >= 11 is 0. The molecule has 0 aromatic heterocycles. The maximum absolute atomic E-state index is 11.9. The molecule has 0 bridgehead atoms. The van der Waals surface area contributed by atoms with E-state index in [4.69, 9.17) is 17.7 Å². The zero-order chi connectivity index (χ0) is 18.9. The van der Waals surface area contributed by atoms with Gasteiger partial charge in [0.2, 0.25) is 0 Å². The highest BCUT2D eigenvalue weighted by atomic mass is 28.4. The van der Waals surface area contributed by atoms with E-state index in [0.717, 1.165) is 6.42 Å². The topological polar surface area (TPSA) is 88.1 Å². The van der Waals surface area contributed by atoms with E-state index in [-0.39, 0.29) is 23.3 Å². The molecular formula is C16H24O7Si. The van der Waals surface area contributed by atoms with Crippen molar-refractivity contribution in [3.05, 3.63) is 36.5 Å². The first kappa shape index (κ1) is 21.8. The van der Waals surface area contributed by atoms with Gasteiger partial charge in [0, 0.05) is 23.3 Å². The van der Waals surface area contributed by atoms with Gasteiger partial charge in [-0.25, -0.2) is 14.4 Å². The van der Waals surface area contributed by atoms with E-state index in [2.05, 4.69) is 19.7 Å². The molecule has 0 radical (unpaired) electrons. The van der Waals surface area contributed by atoms with Crippen LogP contribution in [-0.2, 0) is 32.1 Å². The lowest BCUT2D eigenvalue weighted by Crippen LogP contribution is -2.53. The molecule has 0 amide bonds. The summed E-state index contributed by atoms with van der Waals surface area (Å²) in [7, 11) is -4.44. The van der Waals surface area contributed by atoms with Crippen LogP contribution in [0.2, 0.25) is 0 Å². The molecule has 8 heteroatoms. The first-order valence-electron chi connectivity index (χ1n) is 7.35. The highest BCUT2D eigenvalue weighted by molar-refractivity contribution is 6.60. The van der Waals surface area contributed by atoms with E-state index in [0.29, 0.717) is 6.42 Å². The van der Waals surface area contributed by atoms with Gasteiger partial charge in [0.25, 0.3) is 0 Å². The van der Waals surface area contributed by atoms with Gasteiger partial charge in [-0.05, 0) is 27.2 Å². The Bertz CT molecular complexity index is 481. The zero-order valence-electron chi connectivity index (χ0n) is 14.6. The molecule has 0 unspecified atom stereocenters. The van der Waals surface area contributed by atoms with Crippen LogP contribution in [-0.4, -0.2) is 33.6 Å². The Morgan fingerprint density at radius 2 is 1.12 bits per heavy atom. The lowest BCUT2D eigenvalue weighted by atomic mass is 10.4. The number of rotatable bonds is 10. The molecule has 0 aromatic carbocycles. The Balaban J connectivity index is 5.67. The third-order valence-corrected chi connectivity index (χ3v) is 4.34. The number of carbonyl (C=O) groups is 3. The van der Waals surface area contributed by atoms with Gasteiger partial charge in [-0.2, -0.15) is 0 Å². The van der Waals surface area contributed by atoms with Gasteiger partial charge >= 0.3 is 27.0 Å². The Hall–Kier alpha value is -2.19. The first-order chi connectivity index (χ1) is 11.0. The lowest BCUT2D eigenvalue weighted by molar-refractivity contribution is -0.154. The molecule has 0 aliphatic carbocycles. The van der Waals surface area contributed by atoms with Crippen molar-refractivity contribution in [1.82, 2.24) is 0 Å². The molecule has 0 atom stereocenters. The highest BCUT2D eigenvalue weighted by Gasteiger charge is 2.59. The minimum absolute atomic E-state index is 0.0312. The van der Waals surface area contributed by atoms with E-state index >= 15 is 0 Å². The van der Waals surface area contributed by atoms with E-state index in [9.17, 15) is 14.4 Å². The number of hydrogen-bond acceptors (Lipinski definition) is 7. The molecule has 0 aromatic rings. The minimum atomic E-state index is -4.44. The summed E-state index contributed by atoms with van der Waals surface area (Å²) in [6.45, 7) is 16.5. The van der Waals surface area contributed by atoms with Gasteiger partial charge < -0.3 is 17.7 Å². The molecule has 0 N–H and O–H groups in total. The van der Waals surface area contributed by atoms with Gasteiger partial charge in [-0.3, -0.25) is 0 Å². The monoisotopic (exact) mass is 356 g/mol. The van der Waals surface area contributed by atoms with Crippen molar-refractivity contribution in [1.29, 1.82) is 0 Å². The predicted octanol–water partition coefficient (Wildman–Crippen LogP) is 2.60. The molecule has 134 valence electrons. The van der Waals surface area contributed by atoms with Gasteiger partial charge in [0.05, 0.1) is 0 Å². The van der Waals surface area contributed by atoms with Crippen LogP contribution >= 0.6 is 0 Å². The third kappa shape index (κ3) is 7.38. The van der Waals surface area contributed by atoms with Crippen molar-refractivity contribution in [3.8, 4) is 0 Å². The largest absolute Gasteiger partial charge is 0.899 e. The third-order valence-electron chi connectivity index (χ3n) is 2.48. The molecular weight excluding hydrogens is 332 g/mol. The van der Waals surface area contributed by atoms with Crippen LogP contribution < -0.4 is 0 Å². The van der Waals surface area contributed by atoms with Crippen molar-refractivity contribution in [2.45, 2.75) is 40.5 Å². The van der Waals surface area contributed by atoms with E-state index < -0.39 is 27.0 Å². The summed E-state index contributed by atoms with van der Waals surface area (Å²) in [5, 5.41) is 0. The van der Waals surface area contributed by atoms with Crippen molar-refractivity contribution in [3.63, 3.8) is 0 Å². The van der Waals surface area contributed by atoms with Crippen LogP contribution in [0.1, 0.15) is 40.5 Å². The normalized spacial score (nSPS) is 10.5. The second-order valence-electron chi connectivity index (χ2n) is 5.21. The fourth-order valence-electron chi connectivity index (χ4n) is 1.09. The Morgan fingerprint density at radius 3 is 1.38 bits per heavy atom. The Labute approximate surface area is 143 Å². The molecule has 0 heterocycles. The van der Waals surface area contributed by atoms with Gasteiger partial charge in [-0.15, -0.1) is 0 Å². The average molecular weight is 356 g/mol. The summed E-state index contributed by atoms with van der Waals surface area (Å²) in [5.41, 5.74) is 0.0937. The Kier molecular flexibility index (Phi) is 8.94. The summed E-state index contributed by atoms with van der Waals surface area (Å²) in [6, 6.07) is 0. The maximum Gasteiger partial charge on any atom is 0.899 e. The number of unbranched alkanes of at least 4 members (excludes halogenated alkanes) is 1. The molecule has 0 spiro atoms. The number of carbonyl (C=O) groups excluding carboxylic acids is 3. The van der Waals surface area contributed by atoms with E-state index in [1.807, 2.05) is 6.92 Å². The molecule has 0 aliphatic rings. The summed E-state index contributed by atoms with van der Waals surface area (Å²) in [5.74, 6) is -2.70. The van der Waals surface area contributed by atoms with Gasteiger partial charge in [-0.1, -0.05) is 33.1 Å². The molecule has 24 heavy (non-hydrogen) atoms. The average Bonchev–Trinajstić information content (AvgIpc) is 2.46. The SMILES string of the molecule is C=C(C)C(=O)O[Si](OCCCC)(OC(=O)C(=C)C)OC(=O)C(=C)C. The number of hydrogen-bond donors (Lipinski definition) is 0. The van der Waals surface area contributed by atoms with Crippen LogP contribution in [0.4, 0.5) is 0 Å². The summed E-state index contributed by atoms with van der Waals surface area (Å²) < 4.78 is 20.7. The predicted molar refractivity (Wildman–Crippen MR) is 89.3 cm³/mol. The van der Waals surface area contributed by atoms with E-state index in [1.165, 1.54) is 20.8 Å². The maximum atomic E-state index is 11.9. The standard InChI is InChI=1S/C16H24O7Si/c1-8-9-10-20-24(21-14(17)11(2)3,22-15(18)12(4)5)23-16(19)13(6)7/h2,4,6,8-10H2,1,3,5,7H3. The zero-order valence-corrected chi connectivity index (χ0v) is 15.6. The van der Waals surface area contributed by atoms with Crippen molar-refractivity contribution < 1.29 is 32.1 Å². The minimum Gasteiger partial charge on any atom is -0.429 e. The van der Waals surface area contributed by atoms with Crippen LogP contribution in [0.3, 0.4) is 0 Å². The van der Waals surface area contributed by atoms with Crippen LogP contribution in [0, 0.1) is 0 Å². The molecule has 7 nitrogen and oxygen atoms in total. The summed E-state index contributed by atoms with van der Waals surface area (Å²) in [6.07, 6.45) is 1.34. The van der Waals surface area contributed by atoms with Crippen LogP contribution in [0.5, 0.6) is 0 Å². The first-order valence-corrected chi connectivity index (χ1v) is 8.98. The lowest BCUT2D eigenvalue weighted by Gasteiger charge is -2.26. The van der Waals surface area contributed by atoms with Gasteiger partial charge in [0.1, 0.15) is 0 Å². The smallest absolute Gasteiger partial charge is 0.429 e. The second kappa shape index (κ2) is 9.84. The highest BCUT2D eigenvalue weighted by Crippen LogP contribution is 2.18. The molecule has 0 fully saturated rings. The van der Waals surface area contributed by atoms with Crippen molar-refractivity contribution in [2.75, 3.05) is 6.61 Å². The molecule has 0 rings (SSSR count). The van der Waals surface area contributed by atoms with Crippen molar-refractivity contribution in [2.24, 2.45) is 0 Å². The molecule has 0 aliphatic heterocycles. The molecule has 0 saturated heterocycles. The Morgan fingerprint density at radius 1 is 0.792 bits per heavy atom. The van der Waals surface area contributed by atoms with Crippen LogP contribution in [0.15, 0.2) is 36.5 Å². The van der Waals surface area contributed by atoms with E-state index in [1.54, 1.807) is 0 Å². The molecule has 0 saturated carbocycles. The summed E-state index contributed by atoms with van der Waals surface area (Å²) in [4.78, 5) is 35.7. The van der Waals surface area contributed by atoms with Crippen molar-refractivity contribution >= 4 is 27.0 Å². The van der Waals surface area contributed by atoms with Crippen LogP contribution in [0.25, 0.3) is 0 Å². The fourth-order valence-corrected chi connectivity index (χ4v) is 2.99. The fraction of sp³-hybridized carbons (Fsp3) is 0.438.